The average molecular weight is 456 g/mol. The number of hydrogen-bond donors (Lipinski definition) is 1. The number of anilines is 1. The van der Waals surface area contributed by atoms with Crippen molar-refractivity contribution < 1.29 is 13.2 Å². The molecule has 156 valence electrons. The van der Waals surface area contributed by atoms with Gasteiger partial charge in [0.1, 0.15) is 0 Å². The van der Waals surface area contributed by atoms with E-state index in [1.54, 1.807) is 24.3 Å². The van der Waals surface area contributed by atoms with Gasteiger partial charge in [-0.05, 0) is 55.9 Å². The zero-order chi connectivity index (χ0) is 21.0. The third-order valence-electron chi connectivity index (χ3n) is 4.89. The summed E-state index contributed by atoms with van der Waals surface area (Å²) in [6, 6.07) is 10.6. The van der Waals surface area contributed by atoms with Crippen LogP contribution in [0.2, 0.25) is 10.0 Å². The number of benzene rings is 2. The molecule has 0 saturated carbocycles. The minimum absolute atomic E-state index is 0.00388. The van der Waals surface area contributed by atoms with Crippen molar-refractivity contribution in [1.82, 2.24) is 9.80 Å². The highest BCUT2D eigenvalue weighted by molar-refractivity contribution is 7.92. The van der Waals surface area contributed by atoms with Crippen LogP contribution < -0.4 is 4.72 Å². The molecule has 0 spiro atoms. The number of nitrogens with one attached hydrogen (secondary N) is 1. The van der Waals surface area contributed by atoms with Gasteiger partial charge in [0.15, 0.2) is 0 Å². The van der Waals surface area contributed by atoms with Crippen LogP contribution in [0.5, 0.6) is 0 Å². The molecule has 2 aromatic carbocycles. The van der Waals surface area contributed by atoms with Crippen molar-refractivity contribution in [2.24, 2.45) is 0 Å². The summed E-state index contributed by atoms with van der Waals surface area (Å²) in [6.07, 6.45) is 0.920. The summed E-state index contributed by atoms with van der Waals surface area (Å²) in [6.45, 7) is 6.24. The number of carbonyl (C=O) groups excluding carboxylic acids is 1. The molecule has 0 aromatic heterocycles. The third-order valence-corrected chi connectivity index (χ3v) is 7.00. The molecule has 1 N–H and O–H groups in total. The molecule has 1 aliphatic rings. The van der Waals surface area contributed by atoms with Gasteiger partial charge >= 0.3 is 0 Å². The first-order valence-corrected chi connectivity index (χ1v) is 11.6. The highest BCUT2D eigenvalue weighted by Gasteiger charge is 2.21. The van der Waals surface area contributed by atoms with E-state index in [0.717, 1.165) is 26.1 Å². The van der Waals surface area contributed by atoms with Gasteiger partial charge in [-0.15, -0.1) is 0 Å². The lowest BCUT2D eigenvalue weighted by atomic mass is 10.1. The minimum Gasteiger partial charge on any atom is -0.337 e. The monoisotopic (exact) mass is 455 g/mol. The molecule has 1 heterocycles. The van der Waals surface area contributed by atoms with E-state index in [9.17, 15) is 13.2 Å². The van der Waals surface area contributed by atoms with E-state index in [0.29, 0.717) is 24.3 Å². The Morgan fingerprint density at radius 2 is 1.83 bits per heavy atom. The lowest BCUT2D eigenvalue weighted by Gasteiger charge is -2.21. The Kier molecular flexibility index (Phi) is 7.05. The van der Waals surface area contributed by atoms with Gasteiger partial charge in [0, 0.05) is 30.9 Å². The topological polar surface area (TPSA) is 69.7 Å². The van der Waals surface area contributed by atoms with Crippen molar-refractivity contribution >= 4 is 44.8 Å². The van der Waals surface area contributed by atoms with Gasteiger partial charge < -0.3 is 9.80 Å². The largest absolute Gasteiger partial charge is 0.337 e. The zero-order valence-corrected chi connectivity index (χ0v) is 18.4. The SMILES string of the molecule is CCN1CCCN(C(=O)c2cccc(NS(=O)(=O)c3ccc(Cl)c(Cl)c3)c2)CC1. The number of carbonyl (C=O) groups is 1. The normalized spacial score (nSPS) is 15.8. The molecule has 1 saturated heterocycles. The molecule has 1 fully saturated rings. The molecule has 2 aromatic rings. The highest BCUT2D eigenvalue weighted by atomic mass is 35.5. The maximum Gasteiger partial charge on any atom is 0.261 e. The maximum atomic E-state index is 12.9. The molecule has 0 bridgehead atoms. The Labute approximate surface area is 181 Å². The van der Waals surface area contributed by atoms with E-state index in [1.807, 2.05) is 4.90 Å². The summed E-state index contributed by atoms with van der Waals surface area (Å²) in [5.41, 5.74) is 0.760. The van der Waals surface area contributed by atoms with Crippen molar-refractivity contribution in [3.63, 3.8) is 0 Å². The van der Waals surface area contributed by atoms with E-state index in [4.69, 9.17) is 23.2 Å². The van der Waals surface area contributed by atoms with Crippen molar-refractivity contribution in [3.8, 4) is 0 Å². The fourth-order valence-corrected chi connectivity index (χ4v) is 4.68. The third kappa shape index (κ3) is 5.42. The van der Waals surface area contributed by atoms with Gasteiger partial charge in [0.25, 0.3) is 15.9 Å². The first kappa shape index (κ1) is 21.9. The van der Waals surface area contributed by atoms with E-state index >= 15 is 0 Å². The summed E-state index contributed by atoms with van der Waals surface area (Å²) >= 11 is 11.8. The van der Waals surface area contributed by atoms with Crippen LogP contribution >= 0.6 is 23.2 Å². The van der Waals surface area contributed by atoms with E-state index in [2.05, 4.69) is 16.5 Å². The molecule has 1 amide bonds. The number of hydrogen-bond acceptors (Lipinski definition) is 4. The summed E-state index contributed by atoms with van der Waals surface area (Å²) in [4.78, 5) is 17.0. The van der Waals surface area contributed by atoms with Crippen LogP contribution in [0.1, 0.15) is 23.7 Å². The average Bonchev–Trinajstić information content (AvgIpc) is 2.95. The van der Waals surface area contributed by atoms with Gasteiger partial charge in [0.05, 0.1) is 14.9 Å². The number of nitrogens with zero attached hydrogens (tertiary/aromatic N) is 2. The van der Waals surface area contributed by atoms with Gasteiger partial charge in [-0.25, -0.2) is 8.42 Å². The smallest absolute Gasteiger partial charge is 0.261 e. The Balaban J connectivity index is 1.76. The van der Waals surface area contributed by atoms with Crippen molar-refractivity contribution in [3.05, 3.63) is 58.1 Å². The Morgan fingerprint density at radius 1 is 1.03 bits per heavy atom. The van der Waals surface area contributed by atoms with Crippen LogP contribution in [-0.2, 0) is 10.0 Å². The number of amides is 1. The van der Waals surface area contributed by atoms with E-state index < -0.39 is 10.0 Å². The summed E-state index contributed by atoms with van der Waals surface area (Å²) in [5, 5.41) is 0.429. The quantitative estimate of drug-likeness (QED) is 0.740. The molecular weight excluding hydrogens is 433 g/mol. The Bertz CT molecular complexity index is 998. The molecule has 3 rings (SSSR count). The van der Waals surface area contributed by atoms with Crippen LogP contribution in [0, 0.1) is 0 Å². The Hall–Kier alpha value is -1.80. The number of sulfonamides is 1. The fourth-order valence-electron chi connectivity index (χ4n) is 3.25. The first-order valence-electron chi connectivity index (χ1n) is 9.39. The second-order valence-corrected chi connectivity index (χ2v) is 9.34. The fraction of sp³-hybridized carbons (Fsp3) is 0.350. The van der Waals surface area contributed by atoms with Gasteiger partial charge in [-0.1, -0.05) is 36.2 Å². The summed E-state index contributed by atoms with van der Waals surface area (Å²) in [7, 11) is -3.86. The maximum absolute atomic E-state index is 12.9. The summed E-state index contributed by atoms with van der Waals surface area (Å²) < 4.78 is 27.8. The zero-order valence-electron chi connectivity index (χ0n) is 16.1. The van der Waals surface area contributed by atoms with Gasteiger partial charge in [-0.3, -0.25) is 9.52 Å². The van der Waals surface area contributed by atoms with Crippen LogP contribution in [0.15, 0.2) is 47.4 Å². The predicted molar refractivity (Wildman–Crippen MR) is 116 cm³/mol. The predicted octanol–water partition coefficient (Wildman–Crippen LogP) is 3.96. The molecular formula is C20H23Cl2N3O3S. The van der Waals surface area contributed by atoms with Crippen LogP contribution in [0.4, 0.5) is 5.69 Å². The lowest BCUT2D eigenvalue weighted by molar-refractivity contribution is 0.0762. The molecule has 9 heteroatoms. The van der Waals surface area contributed by atoms with Crippen molar-refractivity contribution in [2.75, 3.05) is 37.4 Å². The van der Waals surface area contributed by atoms with Crippen molar-refractivity contribution in [1.29, 1.82) is 0 Å². The summed E-state index contributed by atoms with van der Waals surface area (Å²) in [5.74, 6) is -0.0986. The number of rotatable bonds is 5. The van der Waals surface area contributed by atoms with Crippen molar-refractivity contribution in [2.45, 2.75) is 18.2 Å². The Morgan fingerprint density at radius 3 is 2.55 bits per heavy atom. The van der Waals surface area contributed by atoms with Crippen LogP contribution in [-0.4, -0.2) is 56.8 Å². The standard InChI is InChI=1S/C20H23Cl2N3O3S/c1-2-24-9-4-10-25(12-11-24)20(26)15-5-3-6-16(13-15)23-29(27,28)17-7-8-18(21)19(22)14-17/h3,5-8,13-14,23H,2,4,9-12H2,1H3. The lowest BCUT2D eigenvalue weighted by Crippen LogP contribution is -2.35. The molecule has 0 aliphatic carbocycles. The van der Waals surface area contributed by atoms with E-state index in [-0.39, 0.29) is 20.8 Å². The van der Waals surface area contributed by atoms with Gasteiger partial charge in [0.2, 0.25) is 0 Å². The molecule has 0 radical (unpaired) electrons. The first-order chi connectivity index (χ1) is 13.8. The molecule has 29 heavy (non-hydrogen) atoms. The molecule has 0 atom stereocenters. The molecule has 1 aliphatic heterocycles. The van der Waals surface area contributed by atoms with Gasteiger partial charge in [-0.2, -0.15) is 0 Å². The number of halogens is 2. The second-order valence-electron chi connectivity index (χ2n) is 6.84. The van der Waals surface area contributed by atoms with Crippen LogP contribution in [0.3, 0.4) is 0 Å². The molecule has 0 unspecified atom stereocenters. The van der Waals surface area contributed by atoms with Crippen LogP contribution in [0.25, 0.3) is 0 Å². The van der Waals surface area contributed by atoms with E-state index in [1.165, 1.54) is 18.2 Å². The minimum atomic E-state index is -3.86. The molecule has 6 nitrogen and oxygen atoms in total. The number of likely N-dealkylation sites (N-methyl/N-ethyl adjacent to an activating group) is 1. The second kappa shape index (κ2) is 9.34. The highest BCUT2D eigenvalue weighted by Crippen LogP contribution is 2.26.